The highest BCUT2D eigenvalue weighted by atomic mass is 35.5. The summed E-state index contributed by atoms with van der Waals surface area (Å²) in [4.78, 5) is 31.3. The third-order valence-corrected chi connectivity index (χ3v) is 5.31. The number of aryl methyl sites for hydroxylation is 1. The van der Waals surface area contributed by atoms with Gasteiger partial charge in [-0.15, -0.1) is 0 Å². The molecule has 12 heteroatoms. The Labute approximate surface area is 200 Å². The molecule has 0 amide bonds. The topological polar surface area (TPSA) is 123 Å². The summed E-state index contributed by atoms with van der Waals surface area (Å²) in [6.07, 6.45) is -0.167. The molecule has 3 aromatic rings. The van der Waals surface area contributed by atoms with Crippen LogP contribution in [0.15, 0.2) is 27.8 Å². The number of imidazole rings is 1. The molecule has 0 aliphatic heterocycles. The van der Waals surface area contributed by atoms with Crippen molar-refractivity contribution in [3.05, 3.63) is 49.1 Å². The second-order valence-electron chi connectivity index (χ2n) is 7.78. The van der Waals surface area contributed by atoms with E-state index >= 15 is 0 Å². The monoisotopic (exact) mass is 499 g/mol. The standard InChI is InChI=1S/C21H27Cl2N5O5/c1-12(2)32-8-4-7-24-20-25-18-17(19(30)26-21(31)27(18)3)28(20)10-14(29)11-33-16-6-5-13(22)9-15(16)23/h5-6,9,12,14,29H,4,7-8,10-11H2,1-3H3,(H,24,25)(H,26,30,31). The SMILES string of the molecule is CC(C)OCCCNc1nc2c(c(=O)[nH]c(=O)n2C)n1CC(O)COc1ccc(Cl)cc1Cl. The van der Waals surface area contributed by atoms with Crippen LogP contribution in [0.3, 0.4) is 0 Å². The Morgan fingerprint density at radius 2 is 2.03 bits per heavy atom. The molecule has 0 bridgehead atoms. The molecule has 2 aromatic heterocycles. The number of H-pyrrole nitrogens is 1. The zero-order valence-electron chi connectivity index (χ0n) is 18.6. The smallest absolute Gasteiger partial charge is 0.329 e. The molecule has 2 heterocycles. The van der Waals surface area contributed by atoms with Crippen LogP contribution in [-0.4, -0.2) is 56.2 Å². The first-order chi connectivity index (χ1) is 15.7. The summed E-state index contributed by atoms with van der Waals surface area (Å²) < 4.78 is 13.9. The van der Waals surface area contributed by atoms with E-state index in [1.807, 2.05) is 13.8 Å². The van der Waals surface area contributed by atoms with Crippen LogP contribution in [0.5, 0.6) is 5.75 Å². The van der Waals surface area contributed by atoms with E-state index in [1.54, 1.807) is 18.2 Å². The van der Waals surface area contributed by atoms with Gasteiger partial charge in [0.25, 0.3) is 5.56 Å². The van der Waals surface area contributed by atoms with E-state index in [0.717, 1.165) is 0 Å². The number of fused-ring (bicyclic) bond motifs is 1. The molecule has 0 aliphatic carbocycles. The maximum absolute atomic E-state index is 12.6. The normalized spacial score (nSPS) is 12.5. The highest BCUT2D eigenvalue weighted by Crippen LogP contribution is 2.27. The van der Waals surface area contributed by atoms with Crippen LogP contribution < -0.4 is 21.3 Å². The first-order valence-corrected chi connectivity index (χ1v) is 11.2. The number of nitrogens with one attached hydrogen (secondary N) is 2. The van der Waals surface area contributed by atoms with Gasteiger partial charge in [0, 0.05) is 25.2 Å². The van der Waals surface area contributed by atoms with Crippen molar-refractivity contribution < 1.29 is 14.6 Å². The van der Waals surface area contributed by atoms with Crippen LogP contribution in [0.4, 0.5) is 5.95 Å². The molecule has 1 aromatic carbocycles. The van der Waals surface area contributed by atoms with Crippen LogP contribution in [0.1, 0.15) is 20.3 Å². The molecule has 0 aliphatic rings. The number of aliphatic hydroxyl groups excluding tert-OH is 1. The number of aromatic amines is 1. The number of hydrogen-bond acceptors (Lipinski definition) is 7. The Morgan fingerprint density at radius 1 is 1.27 bits per heavy atom. The predicted octanol–water partition coefficient (Wildman–Crippen LogP) is 2.40. The lowest BCUT2D eigenvalue weighted by molar-refractivity contribution is 0.0786. The van der Waals surface area contributed by atoms with E-state index in [4.69, 9.17) is 32.7 Å². The third-order valence-electron chi connectivity index (χ3n) is 4.78. The fourth-order valence-corrected chi connectivity index (χ4v) is 3.64. The average Bonchev–Trinajstić information content (AvgIpc) is 3.09. The average molecular weight is 500 g/mol. The Bertz CT molecular complexity index is 1220. The van der Waals surface area contributed by atoms with Gasteiger partial charge in [0.15, 0.2) is 11.2 Å². The summed E-state index contributed by atoms with van der Waals surface area (Å²) in [6.45, 7) is 4.90. The summed E-state index contributed by atoms with van der Waals surface area (Å²) in [6, 6.07) is 4.78. The highest BCUT2D eigenvalue weighted by molar-refractivity contribution is 6.35. The van der Waals surface area contributed by atoms with Crippen molar-refractivity contribution in [2.24, 2.45) is 7.05 Å². The third kappa shape index (κ3) is 6.29. The maximum Gasteiger partial charge on any atom is 0.329 e. The Balaban J connectivity index is 1.80. The minimum Gasteiger partial charge on any atom is -0.489 e. The first kappa shape index (κ1) is 25.1. The number of halogens is 2. The molecular formula is C21H27Cl2N5O5. The maximum atomic E-state index is 12.6. The summed E-state index contributed by atoms with van der Waals surface area (Å²) in [7, 11) is 1.51. The van der Waals surface area contributed by atoms with Crippen molar-refractivity contribution in [3.8, 4) is 5.75 Å². The van der Waals surface area contributed by atoms with E-state index in [9.17, 15) is 14.7 Å². The summed E-state index contributed by atoms with van der Waals surface area (Å²) in [5, 5.41) is 14.6. The van der Waals surface area contributed by atoms with E-state index in [0.29, 0.717) is 41.3 Å². The van der Waals surface area contributed by atoms with Gasteiger partial charge in [0.1, 0.15) is 18.5 Å². The summed E-state index contributed by atoms with van der Waals surface area (Å²) in [5.41, 5.74) is -0.791. The molecule has 0 saturated heterocycles. The Kier molecular flexibility index (Phi) is 8.41. The largest absolute Gasteiger partial charge is 0.489 e. The number of aliphatic hydroxyl groups is 1. The minimum absolute atomic E-state index is 0.00613. The lowest BCUT2D eigenvalue weighted by atomic mass is 10.3. The van der Waals surface area contributed by atoms with E-state index < -0.39 is 17.4 Å². The zero-order chi connectivity index (χ0) is 24.1. The summed E-state index contributed by atoms with van der Waals surface area (Å²) in [5.74, 6) is 0.726. The Morgan fingerprint density at radius 3 is 2.73 bits per heavy atom. The van der Waals surface area contributed by atoms with Crippen LogP contribution >= 0.6 is 23.2 Å². The molecule has 0 radical (unpaired) electrons. The first-order valence-electron chi connectivity index (χ1n) is 10.5. The van der Waals surface area contributed by atoms with Crippen LogP contribution in [0.25, 0.3) is 11.2 Å². The molecule has 180 valence electrons. The van der Waals surface area contributed by atoms with Gasteiger partial charge >= 0.3 is 5.69 Å². The second-order valence-corrected chi connectivity index (χ2v) is 8.62. The summed E-state index contributed by atoms with van der Waals surface area (Å²) >= 11 is 12.0. The minimum atomic E-state index is -1.00. The van der Waals surface area contributed by atoms with E-state index in [1.165, 1.54) is 16.2 Å². The number of nitrogens with zero attached hydrogens (tertiary/aromatic N) is 3. The van der Waals surface area contributed by atoms with Crippen LogP contribution in [0, 0.1) is 0 Å². The molecule has 0 fully saturated rings. The fraction of sp³-hybridized carbons (Fsp3) is 0.476. The van der Waals surface area contributed by atoms with Crippen molar-refractivity contribution in [1.82, 2.24) is 19.1 Å². The molecule has 1 atom stereocenters. The van der Waals surface area contributed by atoms with Gasteiger partial charge in [-0.25, -0.2) is 4.79 Å². The molecule has 3 N–H and O–H groups in total. The number of hydrogen-bond donors (Lipinski definition) is 3. The highest BCUT2D eigenvalue weighted by Gasteiger charge is 2.20. The van der Waals surface area contributed by atoms with Gasteiger partial charge in [-0.3, -0.25) is 14.3 Å². The van der Waals surface area contributed by atoms with Crippen molar-refractivity contribution in [2.75, 3.05) is 25.1 Å². The number of rotatable bonds is 11. The van der Waals surface area contributed by atoms with Gasteiger partial charge in [0.2, 0.25) is 5.95 Å². The van der Waals surface area contributed by atoms with Crippen LogP contribution in [-0.2, 0) is 18.3 Å². The Hall–Kier alpha value is -2.53. The number of aromatic nitrogens is 4. The second kappa shape index (κ2) is 11.1. The number of ether oxygens (including phenoxy) is 2. The fourth-order valence-electron chi connectivity index (χ4n) is 3.18. The lowest BCUT2D eigenvalue weighted by Crippen LogP contribution is -2.31. The van der Waals surface area contributed by atoms with Crippen molar-refractivity contribution >= 4 is 40.3 Å². The molecular weight excluding hydrogens is 473 g/mol. The van der Waals surface area contributed by atoms with Crippen LogP contribution in [0.2, 0.25) is 10.0 Å². The number of benzene rings is 1. The van der Waals surface area contributed by atoms with Crippen molar-refractivity contribution in [2.45, 2.75) is 39.0 Å². The van der Waals surface area contributed by atoms with Gasteiger partial charge in [-0.1, -0.05) is 23.2 Å². The van der Waals surface area contributed by atoms with Crippen molar-refractivity contribution in [1.29, 1.82) is 0 Å². The van der Waals surface area contributed by atoms with E-state index in [-0.39, 0.29) is 30.4 Å². The van der Waals surface area contributed by atoms with Gasteiger partial charge in [-0.05, 0) is 38.5 Å². The van der Waals surface area contributed by atoms with Gasteiger partial charge in [0.05, 0.1) is 17.7 Å². The van der Waals surface area contributed by atoms with E-state index in [2.05, 4.69) is 15.3 Å². The van der Waals surface area contributed by atoms with Crippen molar-refractivity contribution in [3.63, 3.8) is 0 Å². The molecule has 3 rings (SSSR count). The zero-order valence-corrected chi connectivity index (χ0v) is 20.1. The predicted molar refractivity (Wildman–Crippen MR) is 128 cm³/mol. The molecule has 1 unspecified atom stereocenters. The van der Waals surface area contributed by atoms with Gasteiger partial charge < -0.3 is 24.5 Å². The molecule has 33 heavy (non-hydrogen) atoms. The molecule has 0 spiro atoms. The lowest BCUT2D eigenvalue weighted by Gasteiger charge is -2.16. The molecule has 0 saturated carbocycles. The number of anilines is 1. The molecule has 10 nitrogen and oxygen atoms in total. The van der Waals surface area contributed by atoms with Gasteiger partial charge in [-0.2, -0.15) is 4.98 Å². The quantitative estimate of drug-likeness (QED) is 0.346.